The van der Waals surface area contributed by atoms with Crippen LogP contribution in [-0.2, 0) is 5.88 Å². The molecule has 3 rings (SSSR count). The van der Waals surface area contributed by atoms with Crippen LogP contribution < -0.4 is 4.90 Å². The third-order valence-electron chi connectivity index (χ3n) is 4.87. The summed E-state index contributed by atoms with van der Waals surface area (Å²) in [6, 6.07) is 9.08. The number of alkyl halides is 1. The molecular formula is C18H23ClN2. The van der Waals surface area contributed by atoms with Gasteiger partial charge < -0.3 is 4.90 Å². The van der Waals surface area contributed by atoms with Crippen molar-refractivity contribution in [1.29, 1.82) is 0 Å². The molecular weight excluding hydrogens is 280 g/mol. The van der Waals surface area contributed by atoms with Crippen LogP contribution in [-0.4, -0.2) is 18.1 Å². The van der Waals surface area contributed by atoms with Crippen molar-refractivity contribution in [3.05, 3.63) is 36.0 Å². The lowest BCUT2D eigenvalue weighted by Crippen LogP contribution is -2.35. The molecule has 1 aliphatic carbocycles. The zero-order valence-electron chi connectivity index (χ0n) is 12.8. The molecule has 21 heavy (non-hydrogen) atoms. The van der Waals surface area contributed by atoms with Gasteiger partial charge in [0.15, 0.2) is 0 Å². The quantitative estimate of drug-likeness (QED) is 0.743. The summed E-state index contributed by atoms with van der Waals surface area (Å²) in [6.07, 6.45) is 7.13. The second kappa shape index (κ2) is 6.23. The highest BCUT2D eigenvalue weighted by atomic mass is 35.5. The number of hydrogen-bond acceptors (Lipinski definition) is 2. The Morgan fingerprint density at radius 2 is 1.81 bits per heavy atom. The average Bonchev–Trinajstić information content (AvgIpc) is 2.54. The molecule has 0 saturated heterocycles. The maximum absolute atomic E-state index is 6.05. The summed E-state index contributed by atoms with van der Waals surface area (Å²) >= 11 is 6.05. The van der Waals surface area contributed by atoms with Crippen molar-refractivity contribution in [3.8, 4) is 0 Å². The van der Waals surface area contributed by atoms with Gasteiger partial charge in [-0.15, -0.1) is 11.6 Å². The summed E-state index contributed by atoms with van der Waals surface area (Å²) in [5.41, 5.74) is 1.11. The molecule has 0 radical (unpaired) electrons. The number of rotatable bonds is 3. The smallest absolute Gasteiger partial charge is 0.136 e. The number of hydrogen-bond donors (Lipinski definition) is 0. The van der Waals surface area contributed by atoms with Gasteiger partial charge in [0.05, 0.1) is 0 Å². The highest BCUT2D eigenvalue weighted by Gasteiger charge is 2.23. The van der Waals surface area contributed by atoms with Crippen molar-refractivity contribution in [3.63, 3.8) is 0 Å². The van der Waals surface area contributed by atoms with E-state index in [1.165, 1.54) is 36.5 Å². The Bertz CT molecular complexity index is 618. The topological polar surface area (TPSA) is 16.1 Å². The van der Waals surface area contributed by atoms with Gasteiger partial charge in [-0.05, 0) is 42.6 Å². The zero-order valence-corrected chi connectivity index (χ0v) is 13.6. The summed E-state index contributed by atoms with van der Waals surface area (Å²) < 4.78 is 0. The van der Waals surface area contributed by atoms with Crippen molar-refractivity contribution in [2.45, 2.75) is 44.5 Å². The Morgan fingerprint density at radius 3 is 2.48 bits per heavy atom. The van der Waals surface area contributed by atoms with E-state index < -0.39 is 0 Å². The normalized spacial score (nSPS) is 22.4. The average molecular weight is 303 g/mol. The summed E-state index contributed by atoms with van der Waals surface area (Å²) in [5.74, 6) is 2.48. The maximum atomic E-state index is 6.05. The Balaban J connectivity index is 1.96. The zero-order chi connectivity index (χ0) is 14.8. The minimum absolute atomic E-state index is 0.512. The van der Waals surface area contributed by atoms with E-state index >= 15 is 0 Å². The lowest BCUT2D eigenvalue weighted by atomic mass is 9.86. The largest absolute Gasteiger partial charge is 0.356 e. The summed E-state index contributed by atoms with van der Waals surface area (Å²) in [7, 11) is 2.19. The third kappa shape index (κ3) is 2.87. The second-order valence-corrected chi connectivity index (χ2v) is 6.58. The molecule has 112 valence electrons. The first-order valence-electron chi connectivity index (χ1n) is 7.86. The first-order valence-corrected chi connectivity index (χ1v) is 8.39. The Labute approximate surface area is 132 Å². The SMILES string of the molecule is CC1CCC(N(C)c2ncc(CCl)c3ccccc23)CC1. The third-order valence-corrected chi connectivity index (χ3v) is 5.16. The van der Waals surface area contributed by atoms with Crippen LogP contribution >= 0.6 is 11.6 Å². The van der Waals surface area contributed by atoms with Gasteiger partial charge in [-0.3, -0.25) is 0 Å². The van der Waals surface area contributed by atoms with Gasteiger partial charge in [0.1, 0.15) is 5.82 Å². The van der Waals surface area contributed by atoms with Crippen LogP contribution in [0.1, 0.15) is 38.2 Å². The van der Waals surface area contributed by atoms with Crippen molar-refractivity contribution < 1.29 is 0 Å². The minimum Gasteiger partial charge on any atom is -0.356 e. The molecule has 0 aliphatic heterocycles. The highest BCUT2D eigenvalue weighted by Crippen LogP contribution is 2.33. The number of pyridine rings is 1. The number of anilines is 1. The Morgan fingerprint density at radius 1 is 1.14 bits per heavy atom. The first kappa shape index (κ1) is 14.6. The fraction of sp³-hybridized carbons (Fsp3) is 0.500. The molecule has 1 fully saturated rings. The molecule has 2 nitrogen and oxygen atoms in total. The fourth-order valence-electron chi connectivity index (χ4n) is 3.43. The molecule has 0 bridgehead atoms. The van der Waals surface area contributed by atoms with Gasteiger partial charge in [-0.2, -0.15) is 0 Å². The molecule has 0 unspecified atom stereocenters. The summed E-state index contributed by atoms with van der Waals surface area (Å²) in [5, 5.41) is 2.45. The summed E-state index contributed by atoms with van der Waals surface area (Å²) in [6.45, 7) is 2.36. The van der Waals surface area contributed by atoms with E-state index in [9.17, 15) is 0 Å². The molecule has 0 amide bonds. The number of nitrogens with zero attached hydrogens (tertiary/aromatic N) is 2. The lowest BCUT2D eigenvalue weighted by Gasteiger charge is -2.35. The molecule has 2 aromatic rings. The lowest BCUT2D eigenvalue weighted by molar-refractivity contribution is 0.340. The van der Waals surface area contributed by atoms with Crippen LogP contribution in [0.5, 0.6) is 0 Å². The van der Waals surface area contributed by atoms with Crippen molar-refractivity contribution >= 4 is 28.2 Å². The van der Waals surface area contributed by atoms with E-state index in [1.807, 2.05) is 6.20 Å². The Hall–Kier alpha value is -1.28. The van der Waals surface area contributed by atoms with E-state index in [2.05, 4.69) is 43.1 Å². The van der Waals surface area contributed by atoms with Gasteiger partial charge in [0.2, 0.25) is 0 Å². The van der Waals surface area contributed by atoms with Crippen LogP contribution in [0.3, 0.4) is 0 Å². The van der Waals surface area contributed by atoms with Gasteiger partial charge in [0.25, 0.3) is 0 Å². The molecule has 1 aromatic carbocycles. The van der Waals surface area contributed by atoms with E-state index in [4.69, 9.17) is 16.6 Å². The molecule has 1 saturated carbocycles. The number of benzene rings is 1. The fourth-order valence-corrected chi connectivity index (χ4v) is 3.64. The first-order chi connectivity index (χ1) is 10.2. The number of fused-ring (bicyclic) bond motifs is 1. The van der Waals surface area contributed by atoms with E-state index in [0.29, 0.717) is 11.9 Å². The minimum atomic E-state index is 0.512. The van der Waals surface area contributed by atoms with Gasteiger partial charge in [-0.1, -0.05) is 31.2 Å². The van der Waals surface area contributed by atoms with Gasteiger partial charge in [-0.25, -0.2) is 4.98 Å². The van der Waals surface area contributed by atoms with Crippen molar-refractivity contribution in [2.75, 3.05) is 11.9 Å². The predicted octanol–water partition coefficient (Wildman–Crippen LogP) is 4.99. The molecule has 3 heteroatoms. The summed E-state index contributed by atoms with van der Waals surface area (Å²) in [4.78, 5) is 7.09. The maximum Gasteiger partial charge on any atom is 0.136 e. The van der Waals surface area contributed by atoms with Gasteiger partial charge in [0, 0.05) is 30.6 Å². The monoisotopic (exact) mass is 302 g/mol. The van der Waals surface area contributed by atoms with Crippen LogP contribution in [0.4, 0.5) is 5.82 Å². The predicted molar refractivity (Wildman–Crippen MR) is 91.1 cm³/mol. The van der Waals surface area contributed by atoms with Crippen LogP contribution in [0, 0.1) is 5.92 Å². The highest BCUT2D eigenvalue weighted by molar-refractivity contribution is 6.18. The molecule has 0 atom stereocenters. The Kier molecular flexibility index (Phi) is 4.34. The molecule has 1 aromatic heterocycles. The van der Waals surface area contributed by atoms with Crippen LogP contribution in [0.15, 0.2) is 30.5 Å². The standard InChI is InChI=1S/C18H23ClN2/c1-13-7-9-15(10-8-13)21(2)18-17-6-4-3-5-16(17)14(11-19)12-20-18/h3-6,12-13,15H,7-11H2,1-2H3. The van der Waals surface area contributed by atoms with Crippen LogP contribution in [0.25, 0.3) is 10.8 Å². The van der Waals surface area contributed by atoms with Crippen molar-refractivity contribution in [1.82, 2.24) is 4.98 Å². The van der Waals surface area contributed by atoms with Gasteiger partial charge >= 0.3 is 0 Å². The molecule has 0 N–H and O–H groups in total. The second-order valence-electron chi connectivity index (χ2n) is 6.31. The number of halogens is 1. The van der Waals surface area contributed by atoms with E-state index in [-0.39, 0.29) is 0 Å². The van der Waals surface area contributed by atoms with Crippen LogP contribution in [0.2, 0.25) is 0 Å². The molecule has 1 aliphatic rings. The number of aromatic nitrogens is 1. The van der Waals surface area contributed by atoms with E-state index in [0.717, 1.165) is 17.3 Å². The molecule has 0 spiro atoms. The van der Waals surface area contributed by atoms with E-state index in [1.54, 1.807) is 0 Å². The van der Waals surface area contributed by atoms with Crippen molar-refractivity contribution in [2.24, 2.45) is 5.92 Å². The molecule has 1 heterocycles.